The number of benzene rings is 2. The number of carbonyl (C=O) groups excluding carboxylic acids is 1. The molecule has 1 amide bonds. The highest BCUT2D eigenvalue weighted by Crippen LogP contribution is 2.27. The number of fused-ring (bicyclic) bond motifs is 2. The number of amides is 1. The van der Waals surface area contributed by atoms with Crippen LogP contribution in [0.15, 0.2) is 48.5 Å². The Kier molecular flexibility index (Phi) is 3.63. The summed E-state index contributed by atoms with van der Waals surface area (Å²) in [6.45, 7) is 2.07. The van der Waals surface area contributed by atoms with E-state index in [4.69, 9.17) is 15.5 Å². The van der Waals surface area contributed by atoms with Crippen molar-refractivity contribution in [3.8, 4) is 5.75 Å². The largest absolute Gasteiger partial charge is 0.489 e. The number of ether oxygens (including phenoxy) is 1. The quantitative estimate of drug-likeness (QED) is 0.774. The first-order valence-electron chi connectivity index (χ1n) is 7.85. The Bertz CT molecular complexity index is 920. The SMILES string of the molecule is NC(=O)c1ccc(OCc2c3c(nc4ccccc24)CNC3)cc1. The fraction of sp³-hybridized carbons (Fsp3) is 0.158. The molecule has 2 heterocycles. The van der Waals surface area contributed by atoms with Crippen molar-refractivity contribution in [2.24, 2.45) is 5.73 Å². The monoisotopic (exact) mass is 319 g/mol. The maximum atomic E-state index is 11.1. The number of primary amides is 1. The summed E-state index contributed by atoms with van der Waals surface area (Å²) < 4.78 is 5.95. The van der Waals surface area contributed by atoms with E-state index in [1.165, 1.54) is 11.1 Å². The first kappa shape index (κ1) is 14.7. The smallest absolute Gasteiger partial charge is 0.248 e. The van der Waals surface area contributed by atoms with Gasteiger partial charge in [-0.2, -0.15) is 0 Å². The van der Waals surface area contributed by atoms with Gasteiger partial charge in [0.15, 0.2) is 0 Å². The maximum absolute atomic E-state index is 11.1. The summed E-state index contributed by atoms with van der Waals surface area (Å²) >= 11 is 0. The van der Waals surface area contributed by atoms with Gasteiger partial charge in [0.2, 0.25) is 5.91 Å². The number of aromatic nitrogens is 1. The number of nitrogens with zero attached hydrogens (tertiary/aromatic N) is 1. The molecule has 0 saturated heterocycles. The van der Waals surface area contributed by atoms with Crippen molar-refractivity contribution in [1.29, 1.82) is 0 Å². The molecule has 4 rings (SSSR count). The van der Waals surface area contributed by atoms with Crippen LogP contribution in [-0.4, -0.2) is 10.9 Å². The molecule has 1 aromatic heterocycles. The average Bonchev–Trinajstić information content (AvgIpc) is 3.07. The highest BCUT2D eigenvalue weighted by molar-refractivity contribution is 5.92. The lowest BCUT2D eigenvalue weighted by Gasteiger charge is -2.13. The van der Waals surface area contributed by atoms with Crippen molar-refractivity contribution in [2.75, 3.05) is 0 Å². The van der Waals surface area contributed by atoms with Gasteiger partial charge >= 0.3 is 0 Å². The fourth-order valence-electron chi connectivity index (χ4n) is 3.07. The molecule has 1 aliphatic heterocycles. The number of hydrogen-bond acceptors (Lipinski definition) is 4. The summed E-state index contributed by atoms with van der Waals surface area (Å²) in [5.41, 5.74) is 10.2. The zero-order chi connectivity index (χ0) is 16.5. The van der Waals surface area contributed by atoms with Crippen LogP contribution in [0.1, 0.15) is 27.2 Å². The van der Waals surface area contributed by atoms with Crippen LogP contribution in [-0.2, 0) is 19.7 Å². The maximum Gasteiger partial charge on any atom is 0.248 e. The van der Waals surface area contributed by atoms with Crippen LogP contribution < -0.4 is 15.8 Å². The van der Waals surface area contributed by atoms with Crippen LogP contribution in [0.3, 0.4) is 0 Å². The molecule has 0 aliphatic carbocycles. The van der Waals surface area contributed by atoms with E-state index in [1.807, 2.05) is 18.2 Å². The predicted octanol–water partition coefficient (Wildman–Crippen LogP) is 2.52. The van der Waals surface area contributed by atoms with E-state index in [0.29, 0.717) is 17.9 Å². The molecule has 1 aliphatic rings. The van der Waals surface area contributed by atoms with E-state index in [-0.39, 0.29) is 0 Å². The number of rotatable bonds is 4. The zero-order valence-corrected chi connectivity index (χ0v) is 13.1. The van der Waals surface area contributed by atoms with Gasteiger partial charge in [0.25, 0.3) is 0 Å². The molecule has 0 bridgehead atoms. The van der Waals surface area contributed by atoms with Gasteiger partial charge in [0.05, 0.1) is 11.2 Å². The Labute approximate surface area is 139 Å². The Balaban J connectivity index is 1.66. The van der Waals surface area contributed by atoms with E-state index < -0.39 is 5.91 Å². The first-order valence-corrected chi connectivity index (χ1v) is 7.85. The van der Waals surface area contributed by atoms with E-state index >= 15 is 0 Å². The zero-order valence-electron chi connectivity index (χ0n) is 13.1. The van der Waals surface area contributed by atoms with Crippen LogP contribution in [0.5, 0.6) is 5.75 Å². The van der Waals surface area contributed by atoms with Gasteiger partial charge in [-0.15, -0.1) is 0 Å². The van der Waals surface area contributed by atoms with Crippen LogP contribution in [0.4, 0.5) is 0 Å². The van der Waals surface area contributed by atoms with Crippen molar-refractivity contribution < 1.29 is 9.53 Å². The molecule has 0 spiro atoms. The second kappa shape index (κ2) is 5.94. The standard InChI is InChI=1S/C19H17N3O2/c20-19(23)12-5-7-13(8-6-12)24-11-16-14-3-1-2-4-17(14)22-18-10-21-9-15(16)18/h1-8,21H,9-11H2,(H2,20,23). The van der Waals surface area contributed by atoms with Gasteiger partial charge in [-0.1, -0.05) is 18.2 Å². The first-order chi connectivity index (χ1) is 11.7. The lowest BCUT2D eigenvalue weighted by Crippen LogP contribution is -2.10. The Morgan fingerprint density at radius 1 is 1.12 bits per heavy atom. The van der Waals surface area contributed by atoms with Crippen molar-refractivity contribution in [1.82, 2.24) is 10.3 Å². The summed E-state index contributed by atoms with van der Waals surface area (Å²) in [6.07, 6.45) is 0. The Morgan fingerprint density at radius 3 is 2.71 bits per heavy atom. The topological polar surface area (TPSA) is 77.2 Å². The summed E-state index contributed by atoms with van der Waals surface area (Å²) in [6, 6.07) is 15.0. The van der Waals surface area contributed by atoms with Crippen molar-refractivity contribution in [3.05, 3.63) is 70.9 Å². The molecular weight excluding hydrogens is 302 g/mol. The lowest BCUT2D eigenvalue weighted by atomic mass is 10.0. The van der Waals surface area contributed by atoms with Crippen LogP contribution in [0.25, 0.3) is 10.9 Å². The van der Waals surface area contributed by atoms with Gasteiger partial charge in [-0.05, 0) is 35.9 Å². The molecular formula is C19H17N3O2. The van der Waals surface area contributed by atoms with Gasteiger partial charge in [0, 0.05) is 29.6 Å². The minimum absolute atomic E-state index is 0.439. The van der Waals surface area contributed by atoms with Gasteiger partial charge in [0.1, 0.15) is 12.4 Å². The van der Waals surface area contributed by atoms with Gasteiger partial charge in [-0.25, -0.2) is 0 Å². The molecule has 3 N–H and O–H groups in total. The Hall–Kier alpha value is -2.92. The number of nitrogens with one attached hydrogen (secondary N) is 1. The fourth-order valence-corrected chi connectivity index (χ4v) is 3.07. The van der Waals surface area contributed by atoms with Crippen molar-refractivity contribution >= 4 is 16.8 Å². The van der Waals surface area contributed by atoms with Crippen LogP contribution >= 0.6 is 0 Å². The molecule has 5 heteroatoms. The number of nitrogens with two attached hydrogens (primary N) is 1. The molecule has 24 heavy (non-hydrogen) atoms. The molecule has 5 nitrogen and oxygen atoms in total. The van der Waals surface area contributed by atoms with Crippen molar-refractivity contribution in [3.63, 3.8) is 0 Å². The predicted molar refractivity (Wildman–Crippen MR) is 91.6 cm³/mol. The molecule has 0 radical (unpaired) electrons. The number of hydrogen-bond donors (Lipinski definition) is 2. The van der Waals surface area contributed by atoms with E-state index in [1.54, 1.807) is 24.3 Å². The molecule has 0 unspecified atom stereocenters. The highest BCUT2D eigenvalue weighted by atomic mass is 16.5. The third kappa shape index (κ3) is 2.59. The summed E-state index contributed by atoms with van der Waals surface area (Å²) in [7, 11) is 0. The van der Waals surface area contributed by atoms with E-state index in [0.717, 1.165) is 29.7 Å². The summed E-state index contributed by atoms with van der Waals surface area (Å²) in [5.74, 6) is 0.270. The average molecular weight is 319 g/mol. The number of carbonyl (C=O) groups is 1. The highest BCUT2D eigenvalue weighted by Gasteiger charge is 2.19. The van der Waals surface area contributed by atoms with E-state index in [9.17, 15) is 4.79 Å². The lowest BCUT2D eigenvalue weighted by molar-refractivity contribution is 0.100. The Morgan fingerprint density at radius 2 is 1.92 bits per heavy atom. The molecule has 0 fully saturated rings. The summed E-state index contributed by atoms with van der Waals surface area (Å²) in [4.78, 5) is 15.9. The normalized spacial score (nSPS) is 13.0. The molecule has 0 atom stereocenters. The number of para-hydroxylation sites is 1. The third-order valence-electron chi connectivity index (χ3n) is 4.31. The molecule has 3 aromatic rings. The van der Waals surface area contributed by atoms with Crippen LogP contribution in [0.2, 0.25) is 0 Å². The second-order valence-corrected chi connectivity index (χ2v) is 5.81. The molecule has 0 saturated carbocycles. The third-order valence-corrected chi connectivity index (χ3v) is 4.31. The minimum atomic E-state index is -0.439. The van der Waals surface area contributed by atoms with Crippen LogP contribution in [0, 0.1) is 0 Å². The van der Waals surface area contributed by atoms with Crippen molar-refractivity contribution in [2.45, 2.75) is 19.7 Å². The van der Waals surface area contributed by atoms with Gasteiger partial charge < -0.3 is 15.8 Å². The molecule has 120 valence electrons. The van der Waals surface area contributed by atoms with E-state index in [2.05, 4.69) is 11.4 Å². The second-order valence-electron chi connectivity index (χ2n) is 5.81. The minimum Gasteiger partial charge on any atom is -0.489 e. The number of pyridine rings is 1. The van der Waals surface area contributed by atoms with Gasteiger partial charge in [-0.3, -0.25) is 9.78 Å². The molecule has 2 aromatic carbocycles. The summed E-state index contributed by atoms with van der Waals surface area (Å²) in [5, 5.41) is 4.47.